The van der Waals surface area contributed by atoms with Crippen molar-refractivity contribution in [2.45, 2.75) is 59.3 Å². The molecule has 2 aromatic rings. The Kier molecular flexibility index (Phi) is 7.81. The fourth-order valence-corrected chi connectivity index (χ4v) is 4.49. The van der Waals surface area contributed by atoms with Crippen LogP contribution in [0.15, 0.2) is 24.3 Å². The highest BCUT2D eigenvalue weighted by Crippen LogP contribution is 2.26. The fourth-order valence-electron chi connectivity index (χ4n) is 4.17. The van der Waals surface area contributed by atoms with Gasteiger partial charge in [-0.05, 0) is 92.9 Å². The molecule has 1 aliphatic heterocycles. The van der Waals surface area contributed by atoms with Crippen LogP contribution in [0, 0.1) is 6.92 Å². The lowest BCUT2D eigenvalue weighted by Gasteiger charge is -2.28. The summed E-state index contributed by atoms with van der Waals surface area (Å²) in [4.78, 5) is 11.0. The Bertz CT molecular complexity index is 792. The van der Waals surface area contributed by atoms with Crippen molar-refractivity contribution in [1.29, 1.82) is 0 Å². The summed E-state index contributed by atoms with van der Waals surface area (Å²) >= 11 is 5.68. The first-order valence-electron chi connectivity index (χ1n) is 11.0. The van der Waals surface area contributed by atoms with Crippen molar-refractivity contribution in [1.82, 2.24) is 9.88 Å². The lowest BCUT2D eigenvalue weighted by atomic mass is 10.0. The summed E-state index contributed by atoms with van der Waals surface area (Å²) in [5.41, 5.74) is 3.74. The molecule has 28 heavy (non-hydrogen) atoms. The van der Waals surface area contributed by atoms with Crippen LogP contribution < -0.4 is 4.90 Å². The zero-order valence-electron chi connectivity index (χ0n) is 17.8. The predicted molar refractivity (Wildman–Crippen MR) is 126 cm³/mol. The minimum Gasteiger partial charge on any atom is -0.357 e. The van der Waals surface area contributed by atoms with Gasteiger partial charge in [-0.15, -0.1) is 0 Å². The van der Waals surface area contributed by atoms with Crippen LogP contribution in [0.4, 0.5) is 5.82 Å². The predicted octanol–water partition coefficient (Wildman–Crippen LogP) is 5.57. The van der Waals surface area contributed by atoms with E-state index in [-0.39, 0.29) is 0 Å². The molecule has 152 valence electrons. The molecule has 1 aromatic heterocycles. The number of thiocarbonyl (C=S) groups is 1. The molecular weight excluding hydrogens is 362 g/mol. The third kappa shape index (κ3) is 5.51. The Labute approximate surface area is 176 Å². The number of hydrogen-bond acceptors (Lipinski definition) is 4. The number of hydrogen-bond donors (Lipinski definition) is 0. The van der Waals surface area contributed by atoms with Gasteiger partial charge < -0.3 is 9.80 Å². The normalized spacial score (nSPS) is 14.8. The monoisotopic (exact) mass is 397 g/mol. The number of benzene rings is 1. The summed E-state index contributed by atoms with van der Waals surface area (Å²) in [5, 5.41) is 1.27. The number of pyridine rings is 1. The van der Waals surface area contributed by atoms with Gasteiger partial charge in [0.25, 0.3) is 0 Å². The Hall–Kier alpha value is -1.52. The lowest BCUT2D eigenvalue weighted by molar-refractivity contribution is 0.302. The van der Waals surface area contributed by atoms with E-state index in [0.29, 0.717) is 0 Å². The second-order valence-electron chi connectivity index (χ2n) is 8.04. The molecule has 4 heteroatoms. The van der Waals surface area contributed by atoms with E-state index in [1.54, 1.807) is 0 Å². The van der Waals surface area contributed by atoms with Crippen molar-refractivity contribution in [2.24, 2.45) is 0 Å². The number of aromatic nitrogens is 1. The molecule has 1 saturated heterocycles. The van der Waals surface area contributed by atoms with Crippen LogP contribution in [0.1, 0.15) is 57.1 Å². The SMILES string of the molecule is CCN(CC)CCCC(=S)Cc1ccc2nc(N3CCCCC3)cc(C)c2c1. The van der Waals surface area contributed by atoms with Crippen LogP contribution in [0.2, 0.25) is 0 Å². The molecule has 1 fully saturated rings. The molecule has 0 radical (unpaired) electrons. The first-order valence-corrected chi connectivity index (χ1v) is 11.4. The van der Waals surface area contributed by atoms with Gasteiger partial charge in [-0.2, -0.15) is 0 Å². The molecule has 0 bridgehead atoms. The summed E-state index contributed by atoms with van der Waals surface area (Å²) in [6.45, 7) is 12.3. The third-order valence-electron chi connectivity index (χ3n) is 5.97. The summed E-state index contributed by atoms with van der Waals surface area (Å²) in [5.74, 6) is 1.14. The average Bonchev–Trinajstić information content (AvgIpc) is 2.72. The highest BCUT2D eigenvalue weighted by molar-refractivity contribution is 7.80. The van der Waals surface area contributed by atoms with Crippen molar-refractivity contribution in [2.75, 3.05) is 37.6 Å². The van der Waals surface area contributed by atoms with E-state index < -0.39 is 0 Å². The second-order valence-corrected chi connectivity index (χ2v) is 8.62. The molecule has 0 amide bonds. The first kappa shape index (κ1) is 21.2. The zero-order chi connectivity index (χ0) is 19.9. The molecule has 0 unspecified atom stereocenters. The first-order chi connectivity index (χ1) is 13.6. The van der Waals surface area contributed by atoms with Gasteiger partial charge in [0.2, 0.25) is 0 Å². The smallest absolute Gasteiger partial charge is 0.129 e. The van der Waals surface area contributed by atoms with Gasteiger partial charge in [0.05, 0.1) is 5.52 Å². The highest BCUT2D eigenvalue weighted by Gasteiger charge is 2.14. The molecule has 0 N–H and O–H groups in total. The van der Waals surface area contributed by atoms with Gasteiger partial charge in [0, 0.05) is 24.9 Å². The molecule has 2 heterocycles. The topological polar surface area (TPSA) is 19.4 Å². The van der Waals surface area contributed by atoms with Crippen LogP contribution in [0.25, 0.3) is 10.9 Å². The summed E-state index contributed by atoms with van der Waals surface area (Å²) in [6.07, 6.45) is 7.01. The van der Waals surface area contributed by atoms with Crippen molar-refractivity contribution in [3.8, 4) is 0 Å². The summed E-state index contributed by atoms with van der Waals surface area (Å²) in [7, 11) is 0. The Morgan fingerprint density at radius 2 is 1.86 bits per heavy atom. The van der Waals surface area contributed by atoms with Crippen LogP contribution in [-0.4, -0.2) is 47.5 Å². The number of rotatable bonds is 9. The molecule has 1 aromatic carbocycles. The maximum atomic E-state index is 5.68. The van der Waals surface area contributed by atoms with E-state index in [0.717, 1.165) is 63.3 Å². The standard InChI is InChI=1S/C24H35N3S/c1-4-26(5-2)13-9-10-21(28)17-20-11-12-23-22(18-20)19(3)16-24(25-23)27-14-7-6-8-15-27/h11-12,16,18H,4-10,13-15,17H2,1-3H3. The third-order valence-corrected chi connectivity index (χ3v) is 6.32. The van der Waals surface area contributed by atoms with Crippen LogP contribution in [-0.2, 0) is 6.42 Å². The van der Waals surface area contributed by atoms with Crippen molar-refractivity contribution in [3.05, 3.63) is 35.4 Å². The number of nitrogens with zero attached hydrogens (tertiary/aromatic N) is 3. The van der Waals surface area contributed by atoms with Gasteiger partial charge in [-0.1, -0.05) is 32.1 Å². The maximum Gasteiger partial charge on any atom is 0.129 e. The number of fused-ring (bicyclic) bond motifs is 1. The van der Waals surface area contributed by atoms with Gasteiger partial charge >= 0.3 is 0 Å². The lowest BCUT2D eigenvalue weighted by Crippen LogP contribution is -2.30. The largest absolute Gasteiger partial charge is 0.357 e. The van der Waals surface area contributed by atoms with Crippen molar-refractivity contribution < 1.29 is 0 Å². The maximum absolute atomic E-state index is 5.68. The molecule has 1 aliphatic rings. The van der Waals surface area contributed by atoms with Gasteiger partial charge in [0.1, 0.15) is 5.82 Å². The quantitative estimate of drug-likeness (QED) is 0.515. The van der Waals surface area contributed by atoms with E-state index >= 15 is 0 Å². The van der Waals surface area contributed by atoms with Gasteiger partial charge in [0.15, 0.2) is 0 Å². The minimum atomic E-state index is 0.900. The number of anilines is 1. The zero-order valence-corrected chi connectivity index (χ0v) is 18.7. The Morgan fingerprint density at radius 3 is 2.57 bits per heavy atom. The van der Waals surface area contributed by atoms with E-state index in [9.17, 15) is 0 Å². The molecule has 0 atom stereocenters. The van der Waals surface area contributed by atoms with Crippen molar-refractivity contribution >= 4 is 33.8 Å². The molecule has 0 saturated carbocycles. The second kappa shape index (κ2) is 10.3. The molecule has 3 nitrogen and oxygen atoms in total. The Balaban J connectivity index is 1.65. The van der Waals surface area contributed by atoms with Crippen molar-refractivity contribution in [3.63, 3.8) is 0 Å². The van der Waals surface area contributed by atoms with E-state index in [2.05, 4.69) is 54.8 Å². The van der Waals surface area contributed by atoms with Gasteiger partial charge in [-0.25, -0.2) is 4.98 Å². The minimum absolute atomic E-state index is 0.900. The highest BCUT2D eigenvalue weighted by atomic mass is 32.1. The van der Waals surface area contributed by atoms with E-state index in [4.69, 9.17) is 17.2 Å². The molecule has 0 aliphatic carbocycles. The Morgan fingerprint density at radius 1 is 1.11 bits per heavy atom. The van der Waals surface area contributed by atoms with Crippen LogP contribution >= 0.6 is 12.2 Å². The number of piperidine rings is 1. The van der Waals surface area contributed by atoms with Crippen LogP contribution in [0.5, 0.6) is 0 Å². The summed E-state index contributed by atoms with van der Waals surface area (Å²) < 4.78 is 0. The van der Waals surface area contributed by atoms with Gasteiger partial charge in [-0.3, -0.25) is 0 Å². The van der Waals surface area contributed by atoms with E-state index in [1.165, 1.54) is 40.6 Å². The molecule has 0 spiro atoms. The molecular formula is C24H35N3S. The molecule has 3 rings (SSSR count). The van der Waals surface area contributed by atoms with E-state index in [1.807, 2.05) is 0 Å². The average molecular weight is 398 g/mol. The van der Waals surface area contributed by atoms with Crippen LogP contribution in [0.3, 0.4) is 0 Å². The fraction of sp³-hybridized carbons (Fsp3) is 0.583. The summed E-state index contributed by atoms with van der Waals surface area (Å²) in [6, 6.07) is 8.96. The number of aryl methyl sites for hydroxylation is 1.